The first-order valence-corrected chi connectivity index (χ1v) is 16.1. The Morgan fingerprint density at radius 3 is 2.12 bits per heavy atom. The number of hydrogen-bond acceptors (Lipinski definition) is 4. The van der Waals surface area contributed by atoms with Gasteiger partial charge in [0.25, 0.3) is 5.91 Å². The number of amides is 3. The quantitative estimate of drug-likeness (QED) is 0.197. The van der Waals surface area contributed by atoms with Gasteiger partial charge in [-0.25, -0.2) is 4.79 Å². The lowest BCUT2D eigenvalue weighted by molar-refractivity contribution is -0.141. The zero-order valence-corrected chi connectivity index (χ0v) is 28.1. The van der Waals surface area contributed by atoms with Gasteiger partial charge in [-0.15, -0.1) is 0 Å². The highest BCUT2D eigenvalue weighted by Gasteiger charge is 2.37. The molecule has 0 aliphatic heterocycles. The van der Waals surface area contributed by atoms with Crippen LogP contribution >= 0.6 is 11.6 Å². The molecule has 8 heteroatoms. The Morgan fingerprint density at radius 2 is 1.56 bits per heavy atom. The number of ether oxygens (including phenoxy) is 1. The molecule has 0 saturated carbocycles. The van der Waals surface area contributed by atoms with Crippen LogP contribution in [0.15, 0.2) is 42.5 Å². The lowest BCUT2D eigenvalue weighted by atomic mass is 9.97. The first-order chi connectivity index (χ1) is 20.3. The average Bonchev–Trinajstić information content (AvgIpc) is 2.93. The maximum absolute atomic E-state index is 14.4. The molecule has 2 rings (SSSR count). The molecule has 2 aromatic carbocycles. The number of rotatable bonds is 15. The minimum Gasteiger partial charge on any atom is -0.444 e. The van der Waals surface area contributed by atoms with E-state index in [9.17, 15) is 14.4 Å². The summed E-state index contributed by atoms with van der Waals surface area (Å²) in [7, 11) is 0. The van der Waals surface area contributed by atoms with Gasteiger partial charge in [-0.3, -0.25) is 9.59 Å². The van der Waals surface area contributed by atoms with E-state index in [4.69, 9.17) is 16.3 Å². The van der Waals surface area contributed by atoms with Gasteiger partial charge < -0.3 is 20.3 Å². The fourth-order valence-corrected chi connectivity index (χ4v) is 5.22. The molecule has 0 radical (unpaired) electrons. The summed E-state index contributed by atoms with van der Waals surface area (Å²) in [5.41, 5.74) is 2.44. The number of carbonyl (C=O) groups excluding carboxylic acids is 3. The Kier molecular flexibility index (Phi) is 14.5. The number of carbonyl (C=O) groups is 3. The van der Waals surface area contributed by atoms with Crippen molar-refractivity contribution in [2.24, 2.45) is 5.92 Å². The number of para-hydroxylation sites is 1. The third kappa shape index (κ3) is 11.5. The number of benzene rings is 2. The number of aryl methyl sites for hydroxylation is 2. The van der Waals surface area contributed by atoms with Gasteiger partial charge in [0.1, 0.15) is 17.7 Å². The fourth-order valence-electron chi connectivity index (χ4n) is 4.95. The molecule has 2 unspecified atom stereocenters. The van der Waals surface area contributed by atoms with Gasteiger partial charge in [-0.05, 0) is 69.2 Å². The standard InChI is InChI=1S/C35H52ClN3O4/c1-9-11-12-13-14-15-23-39(33(41)29(24(3)4)38-34(42)43-35(6,7)8)31(27-21-19-26(10-2)20-22-27)32(40)37-30-25(5)17-16-18-28(30)36/h16-22,24,29,31H,9-15,23H2,1-8H3,(H,37,40)(H,38,42). The third-order valence-electron chi connectivity index (χ3n) is 7.37. The van der Waals surface area contributed by atoms with Crippen molar-refractivity contribution in [2.45, 2.75) is 118 Å². The lowest BCUT2D eigenvalue weighted by Gasteiger charge is -2.36. The van der Waals surface area contributed by atoms with Gasteiger partial charge in [-0.2, -0.15) is 0 Å². The van der Waals surface area contributed by atoms with Gasteiger partial charge >= 0.3 is 6.09 Å². The Morgan fingerprint density at radius 1 is 0.930 bits per heavy atom. The number of unbranched alkanes of at least 4 members (excludes halogenated alkanes) is 5. The Bertz CT molecular complexity index is 1170. The van der Waals surface area contributed by atoms with Crippen molar-refractivity contribution in [3.05, 3.63) is 64.2 Å². The molecule has 0 aliphatic rings. The van der Waals surface area contributed by atoms with Crippen molar-refractivity contribution in [1.82, 2.24) is 10.2 Å². The molecule has 7 nitrogen and oxygen atoms in total. The van der Waals surface area contributed by atoms with Crippen molar-refractivity contribution in [3.8, 4) is 0 Å². The Hall–Kier alpha value is -3.06. The first kappa shape index (κ1) is 36.1. The molecule has 0 bridgehead atoms. The van der Waals surface area contributed by atoms with Crippen molar-refractivity contribution in [1.29, 1.82) is 0 Å². The molecular formula is C35H52ClN3O4. The Balaban J connectivity index is 2.55. The van der Waals surface area contributed by atoms with Crippen LogP contribution in [-0.2, 0) is 20.7 Å². The molecule has 2 aromatic rings. The SMILES string of the molecule is CCCCCCCCN(C(=O)C(NC(=O)OC(C)(C)C)C(C)C)C(C(=O)Nc1c(C)cccc1Cl)c1ccc(CC)cc1. The number of halogens is 1. The van der Waals surface area contributed by atoms with Crippen molar-refractivity contribution in [2.75, 3.05) is 11.9 Å². The highest BCUT2D eigenvalue weighted by atomic mass is 35.5. The van der Waals surface area contributed by atoms with E-state index < -0.39 is 23.8 Å². The summed E-state index contributed by atoms with van der Waals surface area (Å²) in [6.07, 6.45) is 6.36. The van der Waals surface area contributed by atoms with Gasteiger partial charge in [0.05, 0.1) is 10.7 Å². The normalized spacial score (nSPS) is 12.9. The Labute approximate surface area is 264 Å². The highest BCUT2D eigenvalue weighted by molar-refractivity contribution is 6.34. The molecule has 0 saturated heterocycles. The smallest absolute Gasteiger partial charge is 0.408 e. The van der Waals surface area contributed by atoms with Gasteiger partial charge in [0.15, 0.2) is 0 Å². The largest absolute Gasteiger partial charge is 0.444 e. The minimum atomic E-state index is -0.939. The monoisotopic (exact) mass is 613 g/mol. The second-order valence-electron chi connectivity index (χ2n) is 12.6. The second-order valence-corrected chi connectivity index (χ2v) is 13.0. The lowest BCUT2D eigenvalue weighted by Crippen LogP contribution is -2.54. The van der Waals surface area contributed by atoms with Crippen LogP contribution in [0.1, 0.15) is 110 Å². The van der Waals surface area contributed by atoms with E-state index in [2.05, 4.69) is 24.5 Å². The average molecular weight is 614 g/mol. The van der Waals surface area contributed by atoms with Crippen LogP contribution in [0.5, 0.6) is 0 Å². The van der Waals surface area contributed by atoms with E-state index in [0.29, 0.717) is 22.8 Å². The van der Waals surface area contributed by atoms with Crippen LogP contribution < -0.4 is 10.6 Å². The molecular weight excluding hydrogens is 562 g/mol. The number of nitrogens with one attached hydrogen (secondary N) is 2. The molecule has 0 aliphatic carbocycles. The van der Waals surface area contributed by atoms with Crippen LogP contribution in [0.2, 0.25) is 5.02 Å². The first-order valence-electron chi connectivity index (χ1n) is 15.7. The van der Waals surface area contributed by atoms with Crippen molar-refractivity contribution >= 4 is 35.2 Å². The summed E-state index contributed by atoms with van der Waals surface area (Å²) in [4.78, 5) is 43.1. The van der Waals surface area contributed by atoms with Crippen LogP contribution in [0.4, 0.5) is 10.5 Å². The van der Waals surface area contributed by atoms with Crippen LogP contribution in [0.3, 0.4) is 0 Å². The van der Waals surface area contributed by atoms with Crippen molar-refractivity contribution in [3.63, 3.8) is 0 Å². The maximum atomic E-state index is 14.4. The maximum Gasteiger partial charge on any atom is 0.408 e. The van der Waals surface area contributed by atoms with E-state index in [1.165, 1.54) is 6.42 Å². The number of alkyl carbamates (subject to hydrolysis) is 1. The second kappa shape index (κ2) is 17.3. The molecule has 3 amide bonds. The minimum absolute atomic E-state index is 0.246. The van der Waals surface area contributed by atoms with E-state index in [1.54, 1.807) is 31.7 Å². The predicted octanol–water partition coefficient (Wildman–Crippen LogP) is 8.63. The van der Waals surface area contributed by atoms with Crippen LogP contribution in [0, 0.1) is 12.8 Å². The molecule has 2 N–H and O–H groups in total. The van der Waals surface area contributed by atoms with E-state index in [-0.39, 0.29) is 17.7 Å². The summed E-state index contributed by atoms with van der Waals surface area (Å²) >= 11 is 6.50. The fraction of sp³-hybridized carbons (Fsp3) is 0.571. The summed E-state index contributed by atoms with van der Waals surface area (Å²) in [6, 6.07) is 11.4. The zero-order chi connectivity index (χ0) is 32.2. The molecule has 43 heavy (non-hydrogen) atoms. The molecule has 0 heterocycles. The predicted molar refractivity (Wildman–Crippen MR) is 176 cm³/mol. The third-order valence-corrected chi connectivity index (χ3v) is 7.69. The topological polar surface area (TPSA) is 87.7 Å². The summed E-state index contributed by atoms with van der Waals surface area (Å²) < 4.78 is 5.49. The molecule has 0 fully saturated rings. The van der Waals surface area contributed by atoms with E-state index in [1.807, 2.05) is 57.2 Å². The van der Waals surface area contributed by atoms with Crippen molar-refractivity contribution < 1.29 is 19.1 Å². The molecule has 2 atom stereocenters. The number of hydrogen-bond donors (Lipinski definition) is 2. The number of anilines is 1. The molecule has 0 spiro atoms. The van der Waals surface area contributed by atoms with Gasteiger partial charge in [0.2, 0.25) is 5.91 Å². The molecule has 0 aromatic heterocycles. The van der Waals surface area contributed by atoms with Crippen LogP contribution in [0.25, 0.3) is 0 Å². The van der Waals surface area contributed by atoms with Gasteiger partial charge in [-0.1, -0.05) is 108 Å². The highest BCUT2D eigenvalue weighted by Crippen LogP contribution is 2.30. The number of nitrogens with zero attached hydrogens (tertiary/aromatic N) is 1. The summed E-state index contributed by atoms with van der Waals surface area (Å²) in [6.45, 7) is 15.6. The van der Waals surface area contributed by atoms with Gasteiger partial charge in [0, 0.05) is 6.54 Å². The van der Waals surface area contributed by atoms with E-state index in [0.717, 1.165) is 49.7 Å². The summed E-state index contributed by atoms with van der Waals surface area (Å²) in [5.74, 6) is -0.936. The zero-order valence-electron chi connectivity index (χ0n) is 27.4. The summed E-state index contributed by atoms with van der Waals surface area (Å²) in [5, 5.41) is 6.25. The van der Waals surface area contributed by atoms with Crippen LogP contribution in [-0.4, -0.2) is 41.0 Å². The van der Waals surface area contributed by atoms with E-state index >= 15 is 0 Å². The molecule has 238 valence electrons.